The standard InChI is InChI=1S/C9H9BrF3N3S/c10-5-1-2-7(16-3-5)17-4-6(8(14)15)9(11,12)13/h1-3,6H,4H2,(H3,14,15). The topological polar surface area (TPSA) is 62.8 Å². The number of nitrogens with zero attached hydrogens (tertiary/aromatic N) is 1. The van der Waals surface area contributed by atoms with Crippen LogP contribution in [0, 0.1) is 11.3 Å². The highest BCUT2D eigenvalue weighted by atomic mass is 79.9. The smallest absolute Gasteiger partial charge is 0.387 e. The third kappa shape index (κ3) is 4.55. The largest absolute Gasteiger partial charge is 0.399 e. The van der Waals surface area contributed by atoms with E-state index in [0.717, 1.165) is 16.2 Å². The van der Waals surface area contributed by atoms with Gasteiger partial charge in [-0.1, -0.05) is 0 Å². The maximum absolute atomic E-state index is 12.5. The molecule has 0 spiro atoms. The number of hydrogen-bond acceptors (Lipinski definition) is 3. The van der Waals surface area contributed by atoms with E-state index in [1.807, 2.05) is 0 Å². The minimum absolute atomic E-state index is 0.340. The highest BCUT2D eigenvalue weighted by molar-refractivity contribution is 9.10. The number of rotatable bonds is 4. The second kappa shape index (κ2) is 5.72. The second-order valence-corrected chi connectivity index (χ2v) is 5.13. The summed E-state index contributed by atoms with van der Waals surface area (Å²) in [7, 11) is 0. The zero-order valence-corrected chi connectivity index (χ0v) is 10.9. The summed E-state index contributed by atoms with van der Waals surface area (Å²) in [6.07, 6.45) is -2.99. The van der Waals surface area contributed by atoms with E-state index in [4.69, 9.17) is 11.1 Å². The average Bonchev–Trinajstić information content (AvgIpc) is 2.18. The third-order valence-corrected chi connectivity index (χ3v) is 3.38. The molecule has 0 aliphatic carbocycles. The fourth-order valence-corrected chi connectivity index (χ4v) is 2.21. The van der Waals surface area contributed by atoms with Crippen LogP contribution in [0.25, 0.3) is 0 Å². The summed E-state index contributed by atoms with van der Waals surface area (Å²) in [6, 6.07) is 3.29. The molecular weight excluding hydrogens is 319 g/mol. The summed E-state index contributed by atoms with van der Waals surface area (Å²) in [5.74, 6) is -3.15. The van der Waals surface area contributed by atoms with Crippen LogP contribution in [0.5, 0.6) is 0 Å². The first-order valence-electron chi connectivity index (χ1n) is 4.45. The first kappa shape index (κ1) is 14.3. The Labute approximate surface area is 109 Å². The lowest BCUT2D eigenvalue weighted by Gasteiger charge is -2.17. The second-order valence-electron chi connectivity index (χ2n) is 3.18. The Morgan fingerprint density at radius 2 is 2.18 bits per heavy atom. The Kier molecular flexibility index (Phi) is 4.81. The zero-order chi connectivity index (χ0) is 13.1. The summed E-state index contributed by atoms with van der Waals surface area (Å²) in [5, 5.41) is 7.39. The minimum atomic E-state index is -4.49. The molecular formula is C9H9BrF3N3S. The van der Waals surface area contributed by atoms with Crippen molar-refractivity contribution >= 4 is 33.5 Å². The van der Waals surface area contributed by atoms with Gasteiger partial charge in [-0.15, -0.1) is 11.8 Å². The lowest BCUT2D eigenvalue weighted by molar-refractivity contribution is -0.149. The van der Waals surface area contributed by atoms with Crippen molar-refractivity contribution in [2.75, 3.05) is 5.75 Å². The lowest BCUT2D eigenvalue weighted by Crippen LogP contribution is -2.36. The Hall–Kier alpha value is -0.760. The van der Waals surface area contributed by atoms with Crippen LogP contribution in [0.2, 0.25) is 0 Å². The highest BCUT2D eigenvalue weighted by Crippen LogP contribution is 2.31. The number of aromatic nitrogens is 1. The van der Waals surface area contributed by atoms with Crippen LogP contribution in [0.1, 0.15) is 0 Å². The highest BCUT2D eigenvalue weighted by Gasteiger charge is 2.41. The fourth-order valence-electron chi connectivity index (χ4n) is 0.977. The summed E-state index contributed by atoms with van der Waals surface area (Å²) in [6.45, 7) is 0. The van der Waals surface area contributed by atoms with E-state index in [0.29, 0.717) is 5.03 Å². The molecule has 1 aromatic rings. The Morgan fingerprint density at radius 3 is 2.59 bits per heavy atom. The van der Waals surface area contributed by atoms with E-state index in [2.05, 4.69) is 20.9 Å². The molecule has 0 bridgehead atoms. The van der Waals surface area contributed by atoms with Gasteiger partial charge in [0.1, 0.15) is 11.8 Å². The summed E-state index contributed by atoms with van der Waals surface area (Å²) in [4.78, 5) is 3.93. The van der Waals surface area contributed by atoms with Crippen LogP contribution in [-0.2, 0) is 0 Å². The fraction of sp³-hybridized carbons (Fsp3) is 0.333. The van der Waals surface area contributed by atoms with E-state index in [9.17, 15) is 13.2 Å². The van der Waals surface area contributed by atoms with E-state index >= 15 is 0 Å². The molecule has 1 atom stereocenters. The molecule has 0 saturated heterocycles. The molecule has 3 nitrogen and oxygen atoms in total. The van der Waals surface area contributed by atoms with Crippen molar-refractivity contribution in [1.82, 2.24) is 4.98 Å². The molecule has 0 radical (unpaired) electrons. The van der Waals surface area contributed by atoms with Crippen LogP contribution in [0.4, 0.5) is 13.2 Å². The monoisotopic (exact) mass is 327 g/mol. The molecule has 1 heterocycles. The number of nitrogens with two attached hydrogens (primary N) is 1. The van der Waals surface area contributed by atoms with Gasteiger partial charge in [0, 0.05) is 16.4 Å². The molecule has 17 heavy (non-hydrogen) atoms. The number of pyridine rings is 1. The third-order valence-electron chi connectivity index (χ3n) is 1.87. The maximum atomic E-state index is 12.5. The van der Waals surface area contributed by atoms with Gasteiger partial charge in [0.2, 0.25) is 0 Å². The Bertz CT molecular complexity index is 393. The molecule has 0 fully saturated rings. The first-order valence-corrected chi connectivity index (χ1v) is 6.23. The molecule has 1 unspecified atom stereocenters. The number of alkyl halides is 3. The molecule has 8 heteroatoms. The molecule has 0 aliphatic rings. The molecule has 94 valence electrons. The van der Waals surface area contributed by atoms with Gasteiger partial charge in [0.25, 0.3) is 0 Å². The van der Waals surface area contributed by atoms with E-state index in [1.165, 1.54) is 6.20 Å². The number of amidine groups is 1. The van der Waals surface area contributed by atoms with Gasteiger partial charge in [-0.2, -0.15) is 13.2 Å². The minimum Gasteiger partial charge on any atom is -0.387 e. The van der Waals surface area contributed by atoms with Crippen LogP contribution < -0.4 is 5.73 Å². The van der Waals surface area contributed by atoms with E-state index in [-0.39, 0.29) is 5.75 Å². The van der Waals surface area contributed by atoms with E-state index in [1.54, 1.807) is 12.1 Å². The Balaban J connectivity index is 2.65. The number of thioether (sulfide) groups is 1. The first-order chi connectivity index (χ1) is 7.80. The SMILES string of the molecule is N=C(N)C(CSc1ccc(Br)cn1)C(F)(F)F. The van der Waals surface area contributed by atoms with Crippen LogP contribution in [-0.4, -0.2) is 22.7 Å². The van der Waals surface area contributed by atoms with Crippen molar-refractivity contribution in [3.8, 4) is 0 Å². The van der Waals surface area contributed by atoms with Crippen molar-refractivity contribution in [1.29, 1.82) is 5.41 Å². The van der Waals surface area contributed by atoms with Crippen LogP contribution in [0.15, 0.2) is 27.8 Å². The molecule has 1 aromatic heterocycles. The van der Waals surface area contributed by atoms with E-state index < -0.39 is 17.9 Å². The zero-order valence-electron chi connectivity index (χ0n) is 8.46. The maximum Gasteiger partial charge on any atom is 0.399 e. The van der Waals surface area contributed by atoms with Crippen molar-refractivity contribution in [3.63, 3.8) is 0 Å². The normalized spacial score (nSPS) is 13.4. The number of nitrogens with one attached hydrogen (secondary N) is 1. The molecule has 0 amide bonds. The predicted molar refractivity (Wildman–Crippen MR) is 64.1 cm³/mol. The molecule has 1 rings (SSSR count). The lowest BCUT2D eigenvalue weighted by atomic mass is 10.1. The number of hydrogen-bond donors (Lipinski definition) is 2. The Morgan fingerprint density at radius 1 is 1.53 bits per heavy atom. The predicted octanol–water partition coefficient (Wildman–Crippen LogP) is 3.05. The van der Waals surface area contributed by atoms with Crippen molar-refractivity contribution in [3.05, 3.63) is 22.8 Å². The quantitative estimate of drug-likeness (QED) is 0.507. The van der Waals surface area contributed by atoms with Gasteiger partial charge in [-0.3, -0.25) is 5.41 Å². The van der Waals surface area contributed by atoms with Gasteiger partial charge in [0.05, 0.1) is 5.03 Å². The van der Waals surface area contributed by atoms with Gasteiger partial charge < -0.3 is 5.73 Å². The molecule has 0 aromatic carbocycles. The van der Waals surface area contributed by atoms with Crippen LogP contribution >= 0.6 is 27.7 Å². The van der Waals surface area contributed by atoms with Crippen molar-refractivity contribution < 1.29 is 13.2 Å². The summed E-state index contributed by atoms with van der Waals surface area (Å²) in [5.41, 5.74) is 4.93. The average molecular weight is 328 g/mol. The van der Waals surface area contributed by atoms with Gasteiger partial charge in [-0.05, 0) is 28.1 Å². The number of halogens is 4. The molecule has 0 aliphatic heterocycles. The van der Waals surface area contributed by atoms with Gasteiger partial charge >= 0.3 is 6.18 Å². The van der Waals surface area contributed by atoms with Crippen molar-refractivity contribution in [2.45, 2.75) is 11.2 Å². The van der Waals surface area contributed by atoms with Crippen molar-refractivity contribution in [2.24, 2.45) is 11.7 Å². The summed E-state index contributed by atoms with van der Waals surface area (Å²) < 4.78 is 38.2. The summed E-state index contributed by atoms with van der Waals surface area (Å²) >= 11 is 4.09. The molecule has 0 saturated carbocycles. The van der Waals surface area contributed by atoms with Crippen LogP contribution in [0.3, 0.4) is 0 Å². The molecule has 3 N–H and O–H groups in total. The van der Waals surface area contributed by atoms with Gasteiger partial charge in [-0.25, -0.2) is 4.98 Å². The van der Waals surface area contributed by atoms with Gasteiger partial charge in [0.15, 0.2) is 0 Å².